The Morgan fingerprint density at radius 3 is 0.847 bits per heavy atom. The second-order valence-electron chi connectivity index (χ2n) is 25.9. The van der Waals surface area contributed by atoms with Crippen LogP contribution in [0.2, 0.25) is 0 Å². The first-order valence-electron chi connectivity index (χ1n) is 38.8. The van der Waals surface area contributed by atoms with Crippen molar-refractivity contribution in [1.29, 1.82) is 0 Å². The monoisotopic (exact) mass is 1420 g/mol. The van der Waals surface area contributed by atoms with Crippen molar-refractivity contribution < 1.29 is 80.2 Å². The molecule has 0 spiro atoms. The van der Waals surface area contributed by atoms with E-state index in [9.17, 15) is 43.2 Å². The number of carbonyl (C=O) groups is 4. The van der Waals surface area contributed by atoms with Gasteiger partial charge in [0.2, 0.25) is 0 Å². The van der Waals surface area contributed by atoms with Gasteiger partial charge in [-0.15, -0.1) is 0 Å². The van der Waals surface area contributed by atoms with Crippen LogP contribution in [-0.2, 0) is 65.4 Å². The van der Waals surface area contributed by atoms with E-state index in [2.05, 4.69) is 101 Å². The number of phosphoric acid groups is 2. The number of hydrogen-bond donors (Lipinski definition) is 3. The van der Waals surface area contributed by atoms with Crippen molar-refractivity contribution in [2.45, 2.75) is 354 Å². The van der Waals surface area contributed by atoms with Crippen LogP contribution in [0.15, 0.2) is 85.1 Å². The molecule has 0 saturated heterocycles. The summed E-state index contributed by atoms with van der Waals surface area (Å²) in [5.74, 6) is -2.25. The van der Waals surface area contributed by atoms with Crippen molar-refractivity contribution in [3.05, 3.63) is 85.1 Å². The molecule has 17 nitrogen and oxygen atoms in total. The maximum absolute atomic E-state index is 13.1. The molecule has 2 unspecified atom stereocenters. The van der Waals surface area contributed by atoms with E-state index < -0.39 is 97.5 Å². The van der Waals surface area contributed by atoms with Crippen molar-refractivity contribution in [3.8, 4) is 0 Å². The summed E-state index contributed by atoms with van der Waals surface area (Å²) in [7, 11) is -9.96. The first kappa shape index (κ1) is 94.2. The van der Waals surface area contributed by atoms with Gasteiger partial charge in [0.15, 0.2) is 12.2 Å². The molecule has 3 N–H and O–H groups in total. The lowest BCUT2D eigenvalue weighted by atomic mass is 10.0. The standard InChI is InChI=1S/C79H140O17P2/c1-5-9-13-17-21-25-29-33-35-36-38-41-44-48-52-56-60-64-77(82)90-70-75(96-79(84)66-62-58-54-50-46-42-37-34-30-26-22-18-14-10-6-2)72-94-98(87,88)92-68-73(80)67-91-97(85,86)93-71-74(95-78(83)65-61-57-53-49-45-40-32-28-24-20-16-12-8-4)69-89-76(81)63-59-55-51-47-43-39-31-27-23-19-15-11-7-3/h21-22,25-26,28,32-35,37-38,41,48,52,73-75,80H,5-20,23-24,27,29-31,36,39-40,42-47,49-51,53-72H2,1-4H3,(H,85,86)(H,87,88)/b25-21-,26-22-,32-28-,35-33-,37-34-,41-38-,52-48-/t73-,74+,75+/m0/s1. The van der Waals surface area contributed by atoms with Crippen molar-refractivity contribution in [1.82, 2.24) is 0 Å². The summed E-state index contributed by atoms with van der Waals surface area (Å²) in [4.78, 5) is 72.8. The van der Waals surface area contributed by atoms with Crippen LogP contribution in [-0.4, -0.2) is 96.7 Å². The molecule has 98 heavy (non-hydrogen) atoms. The van der Waals surface area contributed by atoms with Gasteiger partial charge >= 0.3 is 39.5 Å². The first-order valence-corrected chi connectivity index (χ1v) is 41.8. The Balaban J connectivity index is 5.39. The van der Waals surface area contributed by atoms with Crippen LogP contribution in [0.3, 0.4) is 0 Å². The molecule has 0 aromatic carbocycles. The molecule has 568 valence electrons. The van der Waals surface area contributed by atoms with E-state index in [-0.39, 0.29) is 25.7 Å². The quantitative estimate of drug-likeness (QED) is 0.0169. The third kappa shape index (κ3) is 70.7. The molecule has 19 heteroatoms. The van der Waals surface area contributed by atoms with Gasteiger partial charge in [-0.1, -0.05) is 273 Å². The van der Waals surface area contributed by atoms with E-state index in [0.29, 0.717) is 32.1 Å². The zero-order valence-electron chi connectivity index (χ0n) is 62.0. The van der Waals surface area contributed by atoms with Crippen molar-refractivity contribution in [2.24, 2.45) is 0 Å². The van der Waals surface area contributed by atoms with Crippen LogP contribution in [0.4, 0.5) is 0 Å². The van der Waals surface area contributed by atoms with Gasteiger partial charge in [0, 0.05) is 25.7 Å². The summed E-state index contributed by atoms with van der Waals surface area (Å²) in [6.07, 6.45) is 72.9. The van der Waals surface area contributed by atoms with Crippen molar-refractivity contribution in [2.75, 3.05) is 39.6 Å². The van der Waals surface area contributed by atoms with Crippen LogP contribution in [0, 0.1) is 0 Å². The molecule has 0 rings (SSSR count). The average Bonchev–Trinajstić information content (AvgIpc) is 1.05. The summed E-state index contributed by atoms with van der Waals surface area (Å²) >= 11 is 0. The number of unbranched alkanes of at least 4 members (excludes halogenated alkanes) is 33. The Hall–Kier alpha value is -3.76. The van der Waals surface area contributed by atoms with E-state index in [4.69, 9.17) is 37.0 Å². The maximum Gasteiger partial charge on any atom is 0.472 e. The predicted molar refractivity (Wildman–Crippen MR) is 399 cm³/mol. The molecule has 5 atom stereocenters. The number of phosphoric ester groups is 2. The molecule has 0 aliphatic carbocycles. The van der Waals surface area contributed by atoms with E-state index in [1.54, 1.807) is 0 Å². The van der Waals surface area contributed by atoms with Crippen LogP contribution in [0.25, 0.3) is 0 Å². The van der Waals surface area contributed by atoms with E-state index in [0.717, 1.165) is 128 Å². The average molecular weight is 1420 g/mol. The molecule has 0 aromatic heterocycles. The van der Waals surface area contributed by atoms with E-state index in [1.165, 1.54) is 122 Å². The van der Waals surface area contributed by atoms with Gasteiger partial charge < -0.3 is 33.8 Å². The molecular formula is C79H140O17P2. The van der Waals surface area contributed by atoms with Gasteiger partial charge in [-0.3, -0.25) is 37.3 Å². The fourth-order valence-corrected chi connectivity index (χ4v) is 11.9. The highest BCUT2D eigenvalue weighted by Gasteiger charge is 2.30. The fraction of sp³-hybridized carbons (Fsp3) is 0.772. The zero-order chi connectivity index (χ0) is 71.8. The van der Waals surface area contributed by atoms with E-state index >= 15 is 0 Å². The highest BCUT2D eigenvalue weighted by atomic mass is 31.2. The molecule has 0 amide bonds. The van der Waals surface area contributed by atoms with Gasteiger partial charge in [-0.05, 0) is 122 Å². The summed E-state index contributed by atoms with van der Waals surface area (Å²) in [5.41, 5.74) is 0. The van der Waals surface area contributed by atoms with Crippen molar-refractivity contribution >= 4 is 39.5 Å². The lowest BCUT2D eigenvalue weighted by Crippen LogP contribution is -2.30. The van der Waals surface area contributed by atoms with Crippen LogP contribution in [0.1, 0.15) is 336 Å². The molecular weight excluding hydrogens is 1280 g/mol. The summed E-state index contributed by atoms with van der Waals surface area (Å²) in [6, 6.07) is 0. The number of aliphatic hydroxyl groups excluding tert-OH is 1. The Bertz CT molecular complexity index is 2190. The Morgan fingerprint density at radius 1 is 0.286 bits per heavy atom. The summed E-state index contributed by atoms with van der Waals surface area (Å²) < 4.78 is 68.4. The van der Waals surface area contributed by atoms with Gasteiger partial charge in [-0.25, -0.2) is 9.13 Å². The number of ether oxygens (including phenoxy) is 4. The summed E-state index contributed by atoms with van der Waals surface area (Å²) in [6.45, 7) is 4.75. The number of allylic oxidation sites excluding steroid dienone is 14. The number of aliphatic hydroxyl groups is 1. The molecule has 0 heterocycles. The highest BCUT2D eigenvalue weighted by molar-refractivity contribution is 7.47. The van der Waals surface area contributed by atoms with Gasteiger partial charge in [0.05, 0.1) is 26.4 Å². The van der Waals surface area contributed by atoms with Gasteiger partial charge in [-0.2, -0.15) is 0 Å². The fourth-order valence-electron chi connectivity index (χ4n) is 10.4. The number of hydrogen-bond acceptors (Lipinski definition) is 15. The molecule has 0 radical (unpaired) electrons. The molecule has 0 aliphatic rings. The zero-order valence-corrected chi connectivity index (χ0v) is 63.7. The Labute approximate surface area is 595 Å². The van der Waals surface area contributed by atoms with Crippen molar-refractivity contribution in [3.63, 3.8) is 0 Å². The molecule has 0 fully saturated rings. The highest BCUT2D eigenvalue weighted by Crippen LogP contribution is 2.45. The number of esters is 4. The third-order valence-corrected chi connectivity index (χ3v) is 18.2. The normalized spacial score (nSPS) is 14.4. The number of rotatable bonds is 73. The largest absolute Gasteiger partial charge is 0.472 e. The van der Waals surface area contributed by atoms with Crippen LogP contribution in [0.5, 0.6) is 0 Å². The second-order valence-corrected chi connectivity index (χ2v) is 28.9. The topological polar surface area (TPSA) is 237 Å². The molecule has 0 aromatic rings. The third-order valence-electron chi connectivity index (χ3n) is 16.3. The maximum atomic E-state index is 13.1. The smallest absolute Gasteiger partial charge is 0.462 e. The van der Waals surface area contributed by atoms with Gasteiger partial charge in [0.1, 0.15) is 19.3 Å². The second kappa shape index (κ2) is 71.6. The predicted octanol–water partition coefficient (Wildman–Crippen LogP) is 22.2. The molecule has 0 aliphatic heterocycles. The molecule has 0 bridgehead atoms. The lowest BCUT2D eigenvalue weighted by Gasteiger charge is -2.21. The minimum Gasteiger partial charge on any atom is -0.462 e. The Morgan fingerprint density at radius 2 is 0.510 bits per heavy atom. The summed E-state index contributed by atoms with van der Waals surface area (Å²) in [5, 5.41) is 10.6. The first-order chi connectivity index (χ1) is 47.7. The SMILES string of the molecule is CCCCC/C=C\C/C=C\C/C=C\C/C=C\CCCC(=O)OC[C@H](COP(=O)(O)OC[C@@H](O)COP(=O)(O)OC[C@@H](COC(=O)CCCCCCCCCCCCCCC)OC(=O)CCCCCCC/C=C\CCCCCC)OC(=O)CCCCCCC/C=C\C/C=C\CCCCC. The minimum absolute atomic E-state index is 0.0683. The minimum atomic E-state index is -4.99. The van der Waals surface area contributed by atoms with Crippen LogP contribution >= 0.6 is 15.6 Å². The van der Waals surface area contributed by atoms with Crippen LogP contribution < -0.4 is 0 Å². The molecule has 0 saturated carbocycles. The number of carbonyl (C=O) groups excluding carboxylic acids is 4. The lowest BCUT2D eigenvalue weighted by molar-refractivity contribution is -0.161. The van der Waals surface area contributed by atoms with Gasteiger partial charge in [0.25, 0.3) is 0 Å². The Kier molecular flexibility index (Phi) is 68.9. The van der Waals surface area contributed by atoms with E-state index in [1.807, 2.05) is 12.2 Å².